The van der Waals surface area contributed by atoms with E-state index in [0.29, 0.717) is 6.61 Å². The van der Waals surface area contributed by atoms with E-state index in [2.05, 4.69) is 45.3 Å². The summed E-state index contributed by atoms with van der Waals surface area (Å²) in [6.07, 6.45) is 6.03. The molecule has 130 valence electrons. The van der Waals surface area contributed by atoms with E-state index in [4.69, 9.17) is 4.74 Å². The van der Waals surface area contributed by atoms with Gasteiger partial charge in [0.25, 0.3) is 0 Å². The monoisotopic (exact) mass is 343 g/mol. The molecular weight excluding hydrogens is 322 g/mol. The first-order chi connectivity index (χ1) is 12.8. The van der Waals surface area contributed by atoms with Gasteiger partial charge in [-0.05, 0) is 42.8 Å². The van der Waals surface area contributed by atoms with Crippen molar-refractivity contribution in [1.29, 1.82) is 0 Å². The number of hydrogen-bond donors (Lipinski definition) is 3. The molecule has 0 radical (unpaired) electrons. The van der Waals surface area contributed by atoms with Gasteiger partial charge < -0.3 is 19.7 Å². The normalized spacial score (nSPS) is 12.7. The molecule has 0 aliphatic rings. The minimum Gasteiger partial charge on any atom is -0.487 e. The molecule has 4 aromatic rings. The van der Waals surface area contributed by atoms with Crippen molar-refractivity contribution in [3.63, 3.8) is 0 Å². The van der Waals surface area contributed by atoms with Crippen LogP contribution in [0, 0.1) is 0 Å². The van der Waals surface area contributed by atoms with Crippen LogP contribution in [0.2, 0.25) is 0 Å². The third-order valence-electron chi connectivity index (χ3n) is 4.28. The minimum absolute atomic E-state index is 0.530. The summed E-state index contributed by atoms with van der Waals surface area (Å²) in [7, 11) is 0. The second kappa shape index (κ2) is 7.23. The molecule has 0 aliphatic heterocycles. The number of H-pyrrole nitrogens is 3. The smallest absolute Gasteiger partial charge is 0.145 e. The van der Waals surface area contributed by atoms with Gasteiger partial charge in [0.2, 0.25) is 0 Å². The van der Waals surface area contributed by atoms with E-state index in [0.717, 1.165) is 39.1 Å². The van der Waals surface area contributed by atoms with Gasteiger partial charge in [0, 0.05) is 23.0 Å². The molecule has 0 saturated heterocycles. The summed E-state index contributed by atoms with van der Waals surface area (Å²) in [5.74, 6) is 0.829. The molecule has 4 nitrogen and oxygen atoms in total. The maximum Gasteiger partial charge on any atom is 0.145 e. The molecule has 0 saturated carbocycles. The van der Waals surface area contributed by atoms with Crippen molar-refractivity contribution in [3.05, 3.63) is 88.8 Å². The first-order valence-electron chi connectivity index (χ1n) is 8.68. The summed E-state index contributed by atoms with van der Waals surface area (Å²) in [5.41, 5.74) is 4.11. The quantitative estimate of drug-likeness (QED) is 0.510. The Morgan fingerprint density at radius 3 is 2.46 bits per heavy atom. The molecule has 3 N–H and O–H groups in total. The van der Waals surface area contributed by atoms with E-state index in [-0.39, 0.29) is 0 Å². The van der Waals surface area contributed by atoms with Crippen molar-refractivity contribution < 1.29 is 4.74 Å². The largest absolute Gasteiger partial charge is 0.487 e. The van der Waals surface area contributed by atoms with Crippen molar-refractivity contribution in [2.45, 2.75) is 13.5 Å². The van der Waals surface area contributed by atoms with E-state index in [1.807, 2.05) is 55.6 Å². The van der Waals surface area contributed by atoms with Gasteiger partial charge in [-0.15, -0.1) is 0 Å². The highest BCUT2D eigenvalue weighted by Crippen LogP contribution is 2.27. The van der Waals surface area contributed by atoms with Gasteiger partial charge in [-0.1, -0.05) is 36.4 Å². The fourth-order valence-electron chi connectivity index (χ4n) is 2.89. The van der Waals surface area contributed by atoms with Crippen LogP contribution in [-0.4, -0.2) is 15.0 Å². The second-order valence-corrected chi connectivity index (χ2v) is 6.12. The molecule has 0 atom stereocenters. The average molecular weight is 343 g/mol. The topological polar surface area (TPSA) is 56.6 Å². The number of aromatic amines is 3. The molecule has 0 amide bonds. The standard InChI is InChI=1S/C22H21N3O/c1-2-17-10-11-18(24-17)13-21-22(26-15-16-7-4-3-5-8-16)14-20(25-21)19-9-6-12-23-19/h2-14,23-25H,15H2,1H3. The van der Waals surface area contributed by atoms with Crippen LogP contribution >= 0.6 is 0 Å². The number of rotatable bonds is 5. The Bertz CT molecular complexity index is 1090. The number of benzene rings is 1. The van der Waals surface area contributed by atoms with Crippen LogP contribution < -0.4 is 15.4 Å². The molecule has 3 aromatic heterocycles. The summed E-state index contributed by atoms with van der Waals surface area (Å²) in [6.45, 7) is 2.55. The van der Waals surface area contributed by atoms with Gasteiger partial charge in [-0.3, -0.25) is 0 Å². The van der Waals surface area contributed by atoms with E-state index in [1.54, 1.807) is 0 Å². The lowest BCUT2D eigenvalue weighted by molar-refractivity contribution is 0.306. The molecule has 26 heavy (non-hydrogen) atoms. The van der Waals surface area contributed by atoms with E-state index < -0.39 is 0 Å². The van der Waals surface area contributed by atoms with Crippen molar-refractivity contribution >= 4 is 12.2 Å². The zero-order chi connectivity index (χ0) is 17.8. The number of ether oxygens (including phenoxy) is 1. The molecule has 4 heteroatoms. The highest BCUT2D eigenvalue weighted by molar-refractivity contribution is 5.65. The number of hydrogen-bond acceptors (Lipinski definition) is 1. The van der Waals surface area contributed by atoms with Crippen LogP contribution in [0.4, 0.5) is 0 Å². The van der Waals surface area contributed by atoms with Gasteiger partial charge in [0.05, 0.1) is 17.1 Å². The van der Waals surface area contributed by atoms with Crippen molar-refractivity contribution in [1.82, 2.24) is 15.0 Å². The lowest BCUT2D eigenvalue weighted by atomic mass is 10.2. The number of nitrogens with one attached hydrogen (secondary N) is 3. The van der Waals surface area contributed by atoms with Crippen LogP contribution in [0.3, 0.4) is 0 Å². The van der Waals surface area contributed by atoms with Crippen LogP contribution in [0.25, 0.3) is 23.5 Å². The summed E-state index contributed by atoms with van der Waals surface area (Å²) >= 11 is 0. The first kappa shape index (κ1) is 16.1. The third-order valence-corrected chi connectivity index (χ3v) is 4.28. The maximum atomic E-state index is 6.11. The van der Waals surface area contributed by atoms with Crippen molar-refractivity contribution in [2.24, 2.45) is 0 Å². The lowest BCUT2D eigenvalue weighted by Crippen LogP contribution is -2.08. The number of aromatic nitrogens is 3. The van der Waals surface area contributed by atoms with E-state index in [9.17, 15) is 0 Å². The fraction of sp³-hybridized carbons (Fsp3) is 0.0909. The predicted octanol–water partition coefficient (Wildman–Crippen LogP) is 3.55. The molecule has 4 rings (SSSR count). The Labute approximate surface area is 151 Å². The summed E-state index contributed by atoms with van der Waals surface area (Å²) in [5, 5.41) is 2.13. The molecular formula is C22H21N3O. The van der Waals surface area contributed by atoms with Crippen LogP contribution in [0.5, 0.6) is 5.75 Å². The fourth-order valence-corrected chi connectivity index (χ4v) is 2.89. The molecule has 0 fully saturated rings. The highest BCUT2D eigenvalue weighted by atomic mass is 16.5. The van der Waals surface area contributed by atoms with Crippen LogP contribution in [0.1, 0.15) is 18.2 Å². The minimum atomic E-state index is 0.530. The zero-order valence-electron chi connectivity index (χ0n) is 14.6. The summed E-state index contributed by atoms with van der Waals surface area (Å²) in [4.78, 5) is 10.0. The average Bonchev–Trinajstić information content (AvgIpc) is 3.42. The van der Waals surface area contributed by atoms with Gasteiger partial charge >= 0.3 is 0 Å². The van der Waals surface area contributed by atoms with E-state index in [1.165, 1.54) is 0 Å². The highest BCUT2D eigenvalue weighted by Gasteiger charge is 2.10. The van der Waals surface area contributed by atoms with Gasteiger partial charge in [-0.2, -0.15) is 0 Å². The molecule has 0 aliphatic carbocycles. The Balaban J connectivity index is 1.69. The predicted molar refractivity (Wildman–Crippen MR) is 105 cm³/mol. The molecule has 0 bridgehead atoms. The Morgan fingerprint density at radius 2 is 1.73 bits per heavy atom. The second-order valence-electron chi connectivity index (χ2n) is 6.12. The van der Waals surface area contributed by atoms with Crippen LogP contribution in [0.15, 0.2) is 66.9 Å². The Morgan fingerprint density at radius 1 is 0.885 bits per heavy atom. The summed E-state index contributed by atoms with van der Waals surface area (Å²) < 4.78 is 6.11. The Hall–Kier alpha value is -3.40. The van der Waals surface area contributed by atoms with Crippen molar-refractivity contribution in [2.75, 3.05) is 0 Å². The summed E-state index contributed by atoms with van der Waals surface area (Å²) in [6, 6.07) is 20.4. The lowest BCUT2D eigenvalue weighted by Gasteiger charge is -2.05. The maximum absolute atomic E-state index is 6.11. The first-order valence-corrected chi connectivity index (χ1v) is 8.68. The van der Waals surface area contributed by atoms with Gasteiger partial charge in [0.15, 0.2) is 0 Å². The van der Waals surface area contributed by atoms with E-state index >= 15 is 0 Å². The SMILES string of the molecule is CC=c1ccc(=Cc2[nH]c(-c3ccc[nH]3)cc2OCc2ccccc2)[nH]1. The van der Waals surface area contributed by atoms with Gasteiger partial charge in [-0.25, -0.2) is 0 Å². The molecule has 1 aromatic carbocycles. The molecule has 0 spiro atoms. The third kappa shape index (κ3) is 3.49. The van der Waals surface area contributed by atoms with Crippen molar-refractivity contribution in [3.8, 4) is 17.1 Å². The molecule has 0 unspecified atom stereocenters. The molecule has 3 heterocycles. The van der Waals surface area contributed by atoms with Crippen LogP contribution in [-0.2, 0) is 6.61 Å². The Kier molecular flexibility index (Phi) is 4.48. The zero-order valence-corrected chi connectivity index (χ0v) is 14.6. The van der Waals surface area contributed by atoms with Gasteiger partial charge in [0.1, 0.15) is 12.4 Å².